The molecule has 0 saturated heterocycles. The molecule has 1 heterocycles. The van der Waals surface area contributed by atoms with Gasteiger partial charge < -0.3 is 24.4 Å². The van der Waals surface area contributed by atoms with Crippen molar-refractivity contribution in [1.82, 2.24) is 14.9 Å². The van der Waals surface area contributed by atoms with Crippen LogP contribution in [0.4, 0.5) is 22.2 Å². The minimum absolute atomic E-state index is 0.319. The predicted molar refractivity (Wildman–Crippen MR) is 162 cm³/mol. The van der Waals surface area contributed by atoms with Gasteiger partial charge in [-0.1, -0.05) is 36.4 Å². The third-order valence-electron chi connectivity index (χ3n) is 6.45. The molecule has 0 radical (unpaired) electrons. The van der Waals surface area contributed by atoms with E-state index in [1.165, 1.54) is 4.90 Å². The van der Waals surface area contributed by atoms with Crippen LogP contribution in [0.25, 0.3) is 0 Å². The Morgan fingerprint density at radius 1 is 0.902 bits per heavy atom. The van der Waals surface area contributed by atoms with E-state index in [9.17, 15) is 4.79 Å². The van der Waals surface area contributed by atoms with E-state index in [1.807, 2.05) is 94.7 Å². The van der Waals surface area contributed by atoms with Gasteiger partial charge in [-0.3, -0.25) is 4.90 Å². The minimum Gasteiger partial charge on any atom is -0.496 e. The summed E-state index contributed by atoms with van der Waals surface area (Å²) in [6.45, 7) is 5.59. The molecule has 0 fully saturated rings. The van der Waals surface area contributed by atoms with Crippen LogP contribution in [0, 0.1) is 13.8 Å². The topological polar surface area (TPSA) is 89.0 Å². The molecule has 0 atom stereocenters. The molecule has 1 N–H and O–H groups in total. The van der Waals surface area contributed by atoms with Gasteiger partial charge in [0.05, 0.1) is 7.11 Å². The molecule has 0 aliphatic carbocycles. The molecule has 4 rings (SSSR count). The maximum absolute atomic E-state index is 13.6. The lowest BCUT2D eigenvalue weighted by molar-refractivity contribution is 0.206. The number of hydrogen-bond donors (Lipinski definition) is 1. The van der Waals surface area contributed by atoms with Gasteiger partial charge in [-0.25, -0.2) is 9.78 Å². The van der Waals surface area contributed by atoms with Gasteiger partial charge in [-0.05, 0) is 87.5 Å². The average Bonchev–Trinajstić information content (AvgIpc) is 2.96. The Hall–Kier alpha value is -4.63. The second-order valence-corrected chi connectivity index (χ2v) is 9.84. The molecule has 0 spiro atoms. The highest BCUT2D eigenvalue weighted by Crippen LogP contribution is 2.26. The Morgan fingerprint density at radius 3 is 2.34 bits per heavy atom. The molecule has 0 bridgehead atoms. The summed E-state index contributed by atoms with van der Waals surface area (Å²) in [6, 6.07) is 22.8. The van der Waals surface area contributed by atoms with Crippen molar-refractivity contribution in [3.63, 3.8) is 0 Å². The van der Waals surface area contributed by atoms with E-state index in [2.05, 4.69) is 20.2 Å². The standard InChI is InChI=1S/C32H37N5O4/c1-23-9-8-10-24(2)30(23)41-32(38)37(20-18-25-11-6-7-12-28(25)39-5)29-17-19-33-31(35-29)34-26-13-15-27(16-14-26)40-22-21-36(3)4/h6-17,19H,18,20-22H2,1-5H3,(H,33,34,35). The first-order valence-corrected chi connectivity index (χ1v) is 13.5. The zero-order valence-electron chi connectivity index (χ0n) is 24.3. The molecular weight excluding hydrogens is 518 g/mol. The fourth-order valence-corrected chi connectivity index (χ4v) is 4.21. The minimum atomic E-state index is -0.527. The lowest BCUT2D eigenvalue weighted by Crippen LogP contribution is -2.36. The first kappa shape index (κ1) is 29.4. The molecule has 9 nitrogen and oxygen atoms in total. The zero-order valence-corrected chi connectivity index (χ0v) is 24.3. The summed E-state index contributed by atoms with van der Waals surface area (Å²) < 4.78 is 17.2. The molecule has 1 aromatic heterocycles. The van der Waals surface area contributed by atoms with Crippen molar-refractivity contribution in [1.29, 1.82) is 0 Å². The maximum Gasteiger partial charge on any atom is 0.420 e. The van der Waals surface area contributed by atoms with Crippen LogP contribution < -0.4 is 24.4 Å². The summed E-state index contributed by atoms with van der Waals surface area (Å²) in [5, 5.41) is 3.21. The van der Waals surface area contributed by atoms with Crippen LogP contribution in [0.2, 0.25) is 0 Å². The van der Waals surface area contributed by atoms with Gasteiger partial charge in [0.1, 0.15) is 29.7 Å². The number of aryl methyl sites for hydroxylation is 2. The molecule has 0 aliphatic rings. The van der Waals surface area contributed by atoms with Gasteiger partial charge in [-0.15, -0.1) is 0 Å². The number of carbonyl (C=O) groups is 1. The second kappa shape index (κ2) is 14.1. The molecule has 3 aromatic carbocycles. The number of likely N-dealkylation sites (N-methyl/N-ethyl adjacent to an activating group) is 1. The van der Waals surface area contributed by atoms with Crippen LogP contribution in [0.1, 0.15) is 16.7 Å². The van der Waals surface area contributed by atoms with Crippen molar-refractivity contribution in [2.24, 2.45) is 0 Å². The third-order valence-corrected chi connectivity index (χ3v) is 6.45. The Morgan fingerprint density at radius 2 is 1.63 bits per heavy atom. The Kier molecular flexibility index (Phi) is 10.1. The van der Waals surface area contributed by atoms with Crippen LogP contribution >= 0.6 is 0 Å². The van der Waals surface area contributed by atoms with E-state index in [0.29, 0.717) is 37.1 Å². The van der Waals surface area contributed by atoms with Crippen molar-refractivity contribution in [2.45, 2.75) is 20.3 Å². The Bertz CT molecular complexity index is 1420. The van der Waals surface area contributed by atoms with E-state index >= 15 is 0 Å². The number of carbonyl (C=O) groups excluding carboxylic acids is 1. The van der Waals surface area contributed by atoms with Crippen molar-refractivity contribution in [3.8, 4) is 17.2 Å². The summed E-state index contributed by atoms with van der Waals surface area (Å²) >= 11 is 0. The summed E-state index contributed by atoms with van der Waals surface area (Å²) in [5.74, 6) is 2.85. The lowest BCUT2D eigenvalue weighted by atomic mass is 10.1. The molecule has 0 aliphatic heterocycles. The molecule has 9 heteroatoms. The van der Waals surface area contributed by atoms with E-state index in [0.717, 1.165) is 40.4 Å². The smallest absolute Gasteiger partial charge is 0.420 e. The van der Waals surface area contributed by atoms with Crippen LogP contribution in [-0.2, 0) is 6.42 Å². The Labute approximate surface area is 241 Å². The molecule has 214 valence electrons. The lowest BCUT2D eigenvalue weighted by Gasteiger charge is -2.23. The monoisotopic (exact) mass is 555 g/mol. The van der Waals surface area contributed by atoms with E-state index in [1.54, 1.807) is 19.4 Å². The van der Waals surface area contributed by atoms with Gasteiger partial charge in [0.2, 0.25) is 5.95 Å². The number of rotatable bonds is 12. The Balaban J connectivity index is 1.54. The van der Waals surface area contributed by atoms with Crippen LogP contribution in [0.5, 0.6) is 17.2 Å². The first-order chi connectivity index (χ1) is 19.8. The van der Waals surface area contributed by atoms with Gasteiger partial charge in [0.25, 0.3) is 0 Å². The summed E-state index contributed by atoms with van der Waals surface area (Å²) in [7, 11) is 5.65. The number of hydrogen-bond acceptors (Lipinski definition) is 8. The number of ether oxygens (including phenoxy) is 3. The van der Waals surface area contributed by atoms with Crippen LogP contribution in [0.15, 0.2) is 79.0 Å². The number of aromatic nitrogens is 2. The number of nitrogens with zero attached hydrogens (tertiary/aromatic N) is 4. The maximum atomic E-state index is 13.6. The van der Waals surface area contributed by atoms with Crippen LogP contribution in [-0.4, -0.2) is 61.9 Å². The molecule has 41 heavy (non-hydrogen) atoms. The van der Waals surface area contributed by atoms with Gasteiger partial charge >= 0.3 is 6.09 Å². The van der Waals surface area contributed by atoms with E-state index in [4.69, 9.17) is 14.2 Å². The number of benzene rings is 3. The van der Waals surface area contributed by atoms with Crippen molar-refractivity contribution in [2.75, 3.05) is 51.1 Å². The van der Waals surface area contributed by atoms with Crippen molar-refractivity contribution in [3.05, 3.63) is 95.7 Å². The number of amides is 1. The van der Waals surface area contributed by atoms with Gasteiger partial charge in [0, 0.05) is 25.0 Å². The first-order valence-electron chi connectivity index (χ1n) is 13.5. The number of anilines is 3. The molecule has 0 saturated carbocycles. The summed E-state index contributed by atoms with van der Waals surface area (Å²) in [6.07, 6.45) is 1.63. The molecular formula is C32H37N5O4. The van der Waals surface area contributed by atoms with Crippen molar-refractivity contribution < 1.29 is 19.0 Å². The number of nitrogens with one attached hydrogen (secondary N) is 1. The fraction of sp³-hybridized carbons (Fsp3) is 0.281. The van der Waals surface area contributed by atoms with Crippen molar-refractivity contribution >= 4 is 23.5 Å². The van der Waals surface area contributed by atoms with Gasteiger partial charge in [0.15, 0.2) is 0 Å². The average molecular weight is 556 g/mol. The normalized spacial score (nSPS) is 10.8. The quantitative estimate of drug-likeness (QED) is 0.227. The zero-order chi connectivity index (χ0) is 29.2. The summed E-state index contributed by atoms with van der Waals surface area (Å²) in [5.41, 5.74) is 3.52. The molecule has 1 amide bonds. The largest absolute Gasteiger partial charge is 0.496 e. The fourth-order valence-electron chi connectivity index (χ4n) is 4.21. The SMILES string of the molecule is COc1ccccc1CCN(C(=O)Oc1c(C)cccc1C)c1ccnc(Nc2ccc(OCCN(C)C)cc2)n1. The van der Waals surface area contributed by atoms with Gasteiger partial charge in [-0.2, -0.15) is 4.98 Å². The second-order valence-electron chi connectivity index (χ2n) is 9.84. The predicted octanol–water partition coefficient (Wildman–Crippen LogP) is 6.03. The van der Waals surface area contributed by atoms with E-state index in [-0.39, 0.29) is 0 Å². The van der Waals surface area contributed by atoms with Crippen LogP contribution in [0.3, 0.4) is 0 Å². The number of methoxy groups -OCH3 is 1. The third kappa shape index (κ3) is 8.18. The molecule has 4 aromatic rings. The summed E-state index contributed by atoms with van der Waals surface area (Å²) in [4.78, 5) is 26.2. The molecule has 0 unspecified atom stereocenters. The number of para-hydroxylation sites is 2. The highest BCUT2D eigenvalue weighted by atomic mass is 16.6. The highest BCUT2D eigenvalue weighted by molar-refractivity contribution is 5.88. The highest BCUT2D eigenvalue weighted by Gasteiger charge is 2.22. The van der Waals surface area contributed by atoms with E-state index < -0.39 is 6.09 Å².